The summed E-state index contributed by atoms with van der Waals surface area (Å²) in [6.45, 7) is 4.37. The number of piperazine rings is 1. The van der Waals surface area contributed by atoms with E-state index in [1.54, 1.807) is 7.11 Å². The van der Waals surface area contributed by atoms with Crippen LogP contribution in [0.25, 0.3) is 0 Å². The Labute approximate surface area is 213 Å². The van der Waals surface area contributed by atoms with Crippen molar-refractivity contribution in [2.24, 2.45) is 0 Å². The zero-order valence-electron chi connectivity index (χ0n) is 20.2. The first-order valence-electron chi connectivity index (χ1n) is 12.1. The summed E-state index contributed by atoms with van der Waals surface area (Å²) in [5.74, 6) is 1.04. The van der Waals surface area contributed by atoms with Crippen LogP contribution in [0, 0.1) is 0 Å². The van der Waals surface area contributed by atoms with Crippen molar-refractivity contribution in [3.8, 4) is 5.75 Å². The molecular formula is C29H33ClN2O3. The van der Waals surface area contributed by atoms with E-state index in [4.69, 9.17) is 21.1 Å². The molecule has 0 N–H and O–H groups in total. The lowest BCUT2D eigenvalue weighted by Gasteiger charge is -2.36. The summed E-state index contributed by atoms with van der Waals surface area (Å²) < 4.78 is 11.8. The second-order valence-corrected chi connectivity index (χ2v) is 9.31. The Morgan fingerprint density at radius 2 is 1.66 bits per heavy atom. The van der Waals surface area contributed by atoms with E-state index in [9.17, 15) is 4.79 Å². The van der Waals surface area contributed by atoms with E-state index in [0.717, 1.165) is 56.0 Å². The highest BCUT2D eigenvalue weighted by molar-refractivity contribution is 6.30. The highest BCUT2D eigenvalue weighted by Gasteiger charge is 2.24. The molecule has 4 rings (SSSR count). The van der Waals surface area contributed by atoms with Crippen molar-refractivity contribution >= 4 is 17.5 Å². The molecule has 0 aromatic heterocycles. The maximum Gasteiger partial charge on any atom is 0.222 e. The van der Waals surface area contributed by atoms with Gasteiger partial charge in [-0.3, -0.25) is 9.69 Å². The summed E-state index contributed by atoms with van der Waals surface area (Å²) in [5, 5.41) is 0.706. The molecule has 0 radical (unpaired) electrons. The highest BCUT2D eigenvalue weighted by atomic mass is 35.5. The van der Waals surface area contributed by atoms with Gasteiger partial charge in [-0.2, -0.15) is 0 Å². The van der Waals surface area contributed by atoms with Gasteiger partial charge in [0.05, 0.1) is 19.8 Å². The number of hydrogen-bond acceptors (Lipinski definition) is 4. The predicted octanol–water partition coefficient (Wildman–Crippen LogP) is 5.38. The summed E-state index contributed by atoms with van der Waals surface area (Å²) >= 11 is 6.16. The zero-order valence-corrected chi connectivity index (χ0v) is 21.0. The number of hydrogen-bond donors (Lipinski definition) is 0. The Morgan fingerprint density at radius 1 is 0.914 bits per heavy atom. The van der Waals surface area contributed by atoms with Crippen LogP contribution in [0.5, 0.6) is 5.75 Å². The number of carbonyl (C=O) groups excluding carboxylic acids is 1. The van der Waals surface area contributed by atoms with Gasteiger partial charge in [0.15, 0.2) is 0 Å². The molecule has 1 heterocycles. The maximum absolute atomic E-state index is 12.7. The van der Waals surface area contributed by atoms with Crippen LogP contribution in [-0.2, 0) is 22.6 Å². The number of rotatable bonds is 10. The molecule has 0 spiro atoms. The van der Waals surface area contributed by atoms with E-state index in [1.165, 1.54) is 5.56 Å². The Kier molecular flexibility index (Phi) is 9.18. The molecule has 0 unspecified atom stereocenters. The summed E-state index contributed by atoms with van der Waals surface area (Å²) in [6, 6.07) is 26.0. The lowest BCUT2D eigenvalue weighted by atomic mass is 10.1. The number of carbonyl (C=O) groups is 1. The standard InChI is InChI=1S/C29H33ClN2O3/c1-34-27-12-6-10-25(20-27)28(35-22-24-9-5-11-26(30)19-24)21-31-15-17-32(18-16-31)29(33)14-13-23-7-3-2-4-8-23/h2-12,19-20,28H,13-18,21-22H2,1H3/t28-/m0/s1. The Bertz CT molecular complexity index is 1080. The SMILES string of the molecule is COc1cccc([C@H](CN2CCN(C(=O)CCc3ccccc3)CC2)OCc2cccc(Cl)c2)c1. The van der Waals surface area contributed by atoms with Crippen LogP contribution in [0.4, 0.5) is 0 Å². The van der Waals surface area contributed by atoms with Crippen molar-refractivity contribution in [3.63, 3.8) is 0 Å². The smallest absolute Gasteiger partial charge is 0.222 e. The Morgan fingerprint density at radius 3 is 2.40 bits per heavy atom. The van der Waals surface area contributed by atoms with Gasteiger partial charge in [-0.15, -0.1) is 0 Å². The first-order valence-corrected chi connectivity index (χ1v) is 12.5. The summed E-state index contributed by atoms with van der Waals surface area (Å²) in [5.41, 5.74) is 3.32. The lowest BCUT2D eigenvalue weighted by molar-refractivity contribution is -0.133. The third-order valence-corrected chi connectivity index (χ3v) is 6.66. The highest BCUT2D eigenvalue weighted by Crippen LogP contribution is 2.25. The Hall–Kier alpha value is -2.86. The monoisotopic (exact) mass is 492 g/mol. The molecule has 1 atom stereocenters. The van der Waals surface area contributed by atoms with Gasteiger partial charge < -0.3 is 14.4 Å². The topological polar surface area (TPSA) is 42.0 Å². The second kappa shape index (κ2) is 12.7. The van der Waals surface area contributed by atoms with E-state index in [1.807, 2.05) is 65.6 Å². The first-order chi connectivity index (χ1) is 17.1. The summed E-state index contributed by atoms with van der Waals surface area (Å²) in [4.78, 5) is 17.1. The van der Waals surface area contributed by atoms with Gasteiger partial charge in [-0.1, -0.05) is 66.2 Å². The van der Waals surface area contributed by atoms with Gasteiger partial charge >= 0.3 is 0 Å². The fraction of sp³-hybridized carbons (Fsp3) is 0.345. The fourth-order valence-corrected chi connectivity index (χ4v) is 4.60. The molecule has 0 saturated carbocycles. The van der Waals surface area contributed by atoms with Crippen LogP contribution in [0.1, 0.15) is 29.2 Å². The number of ether oxygens (including phenoxy) is 2. The minimum atomic E-state index is -0.121. The van der Waals surface area contributed by atoms with Gasteiger partial charge in [-0.25, -0.2) is 0 Å². The third-order valence-electron chi connectivity index (χ3n) is 6.43. The first kappa shape index (κ1) is 25.2. The average Bonchev–Trinajstić information content (AvgIpc) is 2.90. The molecule has 1 fully saturated rings. The minimum Gasteiger partial charge on any atom is -0.497 e. The second-order valence-electron chi connectivity index (χ2n) is 8.87. The maximum atomic E-state index is 12.7. The predicted molar refractivity (Wildman–Crippen MR) is 140 cm³/mol. The molecule has 3 aromatic rings. The van der Waals surface area contributed by atoms with Gasteiger partial charge in [0.1, 0.15) is 5.75 Å². The summed E-state index contributed by atoms with van der Waals surface area (Å²) in [7, 11) is 1.68. The number of aryl methyl sites for hydroxylation is 1. The van der Waals surface area contributed by atoms with Gasteiger partial charge in [0.2, 0.25) is 5.91 Å². The lowest BCUT2D eigenvalue weighted by Crippen LogP contribution is -2.49. The number of halogens is 1. The van der Waals surface area contributed by atoms with Gasteiger partial charge in [0, 0.05) is 44.2 Å². The average molecular weight is 493 g/mol. The molecule has 5 nitrogen and oxygen atoms in total. The van der Waals surface area contributed by atoms with Crippen molar-refractivity contribution in [1.29, 1.82) is 0 Å². The van der Waals surface area contributed by atoms with E-state index < -0.39 is 0 Å². The van der Waals surface area contributed by atoms with Crippen LogP contribution >= 0.6 is 11.6 Å². The molecule has 3 aromatic carbocycles. The van der Waals surface area contributed by atoms with Crippen LogP contribution in [0.2, 0.25) is 5.02 Å². The molecule has 1 aliphatic heterocycles. The molecule has 6 heteroatoms. The van der Waals surface area contributed by atoms with Crippen molar-refractivity contribution in [3.05, 3.63) is 101 Å². The fourth-order valence-electron chi connectivity index (χ4n) is 4.39. The van der Waals surface area contributed by atoms with E-state index >= 15 is 0 Å². The van der Waals surface area contributed by atoms with Crippen molar-refractivity contribution in [2.45, 2.75) is 25.6 Å². The van der Waals surface area contributed by atoms with E-state index in [0.29, 0.717) is 18.1 Å². The van der Waals surface area contributed by atoms with Gasteiger partial charge in [-0.05, 0) is 47.4 Å². The largest absolute Gasteiger partial charge is 0.497 e. The quantitative estimate of drug-likeness (QED) is 0.381. The Balaban J connectivity index is 1.34. The molecule has 184 valence electrons. The molecule has 0 aliphatic carbocycles. The van der Waals surface area contributed by atoms with Crippen LogP contribution in [0.15, 0.2) is 78.9 Å². The van der Waals surface area contributed by atoms with Gasteiger partial charge in [0.25, 0.3) is 0 Å². The van der Waals surface area contributed by atoms with Crippen LogP contribution in [0.3, 0.4) is 0 Å². The number of nitrogens with zero attached hydrogens (tertiary/aromatic N) is 2. The molecule has 35 heavy (non-hydrogen) atoms. The normalized spacial score (nSPS) is 15.1. The van der Waals surface area contributed by atoms with E-state index in [-0.39, 0.29) is 12.0 Å². The number of methoxy groups -OCH3 is 1. The third kappa shape index (κ3) is 7.56. The molecule has 1 saturated heterocycles. The number of benzene rings is 3. The molecular weight excluding hydrogens is 460 g/mol. The van der Waals surface area contributed by atoms with Crippen LogP contribution in [-0.4, -0.2) is 55.5 Å². The molecule has 0 bridgehead atoms. The molecule has 1 aliphatic rings. The molecule has 1 amide bonds. The van der Waals surface area contributed by atoms with E-state index in [2.05, 4.69) is 23.1 Å². The zero-order chi connectivity index (χ0) is 24.5. The summed E-state index contributed by atoms with van der Waals surface area (Å²) in [6.07, 6.45) is 1.22. The number of amides is 1. The van der Waals surface area contributed by atoms with Crippen molar-refractivity contribution < 1.29 is 14.3 Å². The van der Waals surface area contributed by atoms with Crippen LogP contribution < -0.4 is 4.74 Å². The van der Waals surface area contributed by atoms with Crippen molar-refractivity contribution in [2.75, 3.05) is 39.8 Å². The van der Waals surface area contributed by atoms with Crippen molar-refractivity contribution in [1.82, 2.24) is 9.80 Å². The minimum absolute atomic E-state index is 0.121.